The maximum absolute atomic E-state index is 5.21. The Kier molecular flexibility index (Phi) is 3.84. The lowest BCUT2D eigenvalue weighted by Crippen LogP contribution is -2.62. The van der Waals surface area contributed by atoms with Crippen molar-refractivity contribution in [3.63, 3.8) is 0 Å². The summed E-state index contributed by atoms with van der Waals surface area (Å²) < 4.78 is 5.21. The Morgan fingerprint density at radius 3 is 2.88 bits per heavy atom. The normalized spacial score (nSPS) is 25.0. The molecule has 0 bridgehead atoms. The molecule has 4 nitrogen and oxygen atoms in total. The largest absolute Gasteiger partial charge is 0.360 e. The van der Waals surface area contributed by atoms with Crippen LogP contribution >= 0.6 is 0 Å². The molecule has 2 heterocycles. The smallest absolute Gasteiger partial charge is 0.150 e. The van der Waals surface area contributed by atoms with Gasteiger partial charge in [0.25, 0.3) is 0 Å². The minimum atomic E-state index is 0.270. The number of piperazine rings is 1. The van der Waals surface area contributed by atoms with Crippen LogP contribution in [0.15, 0.2) is 16.8 Å². The maximum atomic E-state index is 5.21. The van der Waals surface area contributed by atoms with Gasteiger partial charge < -0.3 is 9.84 Å². The quantitative estimate of drug-likeness (QED) is 0.870. The van der Waals surface area contributed by atoms with E-state index in [0.717, 1.165) is 25.4 Å². The zero-order chi connectivity index (χ0) is 12.3. The Balaban J connectivity index is 2.04. The van der Waals surface area contributed by atoms with Crippen molar-refractivity contribution in [2.24, 2.45) is 0 Å². The number of aromatic nitrogens is 1. The van der Waals surface area contributed by atoms with Crippen LogP contribution < -0.4 is 5.32 Å². The van der Waals surface area contributed by atoms with Crippen LogP contribution in [0.1, 0.15) is 39.4 Å². The van der Waals surface area contributed by atoms with E-state index >= 15 is 0 Å². The van der Waals surface area contributed by atoms with Gasteiger partial charge in [-0.1, -0.05) is 19.0 Å². The molecule has 1 fully saturated rings. The Bertz CT molecular complexity index is 332. The van der Waals surface area contributed by atoms with Crippen molar-refractivity contribution in [1.82, 2.24) is 15.4 Å². The molecule has 1 N–H and O–H groups in total. The molecule has 1 aromatic rings. The fourth-order valence-corrected chi connectivity index (χ4v) is 2.55. The Morgan fingerprint density at radius 2 is 2.29 bits per heavy atom. The highest BCUT2D eigenvalue weighted by molar-refractivity contribution is 4.99. The van der Waals surface area contributed by atoms with Gasteiger partial charge in [-0.3, -0.25) is 4.90 Å². The van der Waals surface area contributed by atoms with E-state index in [2.05, 4.69) is 36.1 Å². The van der Waals surface area contributed by atoms with Gasteiger partial charge in [-0.05, 0) is 19.8 Å². The lowest BCUT2D eigenvalue weighted by atomic mass is 9.88. The average molecular weight is 237 g/mol. The van der Waals surface area contributed by atoms with Crippen molar-refractivity contribution in [1.29, 1.82) is 0 Å². The molecule has 0 saturated carbocycles. The van der Waals surface area contributed by atoms with Crippen molar-refractivity contribution < 1.29 is 4.52 Å². The number of hydrogen-bond donors (Lipinski definition) is 1. The highest BCUT2D eigenvalue weighted by Crippen LogP contribution is 2.23. The average Bonchev–Trinajstić information content (AvgIpc) is 2.85. The van der Waals surface area contributed by atoms with Crippen LogP contribution in [-0.2, 0) is 6.54 Å². The van der Waals surface area contributed by atoms with Crippen LogP contribution in [0, 0.1) is 0 Å². The highest BCUT2D eigenvalue weighted by atomic mass is 16.5. The zero-order valence-corrected chi connectivity index (χ0v) is 11.1. The third kappa shape index (κ3) is 2.69. The molecule has 1 atom stereocenters. The van der Waals surface area contributed by atoms with Crippen molar-refractivity contribution in [2.45, 2.75) is 51.7 Å². The monoisotopic (exact) mass is 237 g/mol. The molecule has 0 radical (unpaired) electrons. The van der Waals surface area contributed by atoms with Crippen molar-refractivity contribution in [3.8, 4) is 0 Å². The topological polar surface area (TPSA) is 41.3 Å². The summed E-state index contributed by atoms with van der Waals surface area (Å²) in [4.78, 5) is 2.49. The predicted octanol–water partition coefficient (Wildman–Crippen LogP) is 2.03. The molecule has 1 saturated heterocycles. The second-order valence-electron chi connectivity index (χ2n) is 5.10. The van der Waals surface area contributed by atoms with Gasteiger partial charge >= 0.3 is 0 Å². The fraction of sp³-hybridized carbons (Fsp3) is 0.769. The highest BCUT2D eigenvalue weighted by Gasteiger charge is 2.35. The third-order valence-corrected chi connectivity index (χ3v) is 4.11. The van der Waals surface area contributed by atoms with Crippen LogP contribution in [0.4, 0.5) is 0 Å². The molecule has 17 heavy (non-hydrogen) atoms. The van der Waals surface area contributed by atoms with Gasteiger partial charge in [0.2, 0.25) is 0 Å². The van der Waals surface area contributed by atoms with Crippen LogP contribution in [0.25, 0.3) is 0 Å². The lowest BCUT2D eigenvalue weighted by Gasteiger charge is -2.46. The minimum Gasteiger partial charge on any atom is -0.360 e. The molecule has 96 valence electrons. The van der Waals surface area contributed by atoms with Gasteiger partial charge in [0.05, 0.1) is 12.7 Å². The molecule has 1 unspecified atom stereocenters. The third-order valence-electron chi connectivity index (χ3n) is 4.11. The second-order valence-corrected chi connectivity index (χ2v) is 5.10. The first-order valence-electron chi connectivity index (χ1n) is 6.58. The van der Waals surface area contributed by atoms with Gasteiger partial charge in [-0.25, -0.2) is 0 Å². The van der Waals surface area contributed by atoms with Crippen LogP contribution in [0.3, 0.4) is 0 Å². The predicted molar refractivity (Wildman–Crippen MR) is 67.7 cm³/mol. The Hall–Kier alpha value is -0.870. The van der Waals surface area contributed by atoms with Crippen molar-refractivity contribution in [3.05, 3.63) is 18.0 Å². The summed E-state index contributed by atoms with van der Waals surface area (Å²) in [6.07, 6.45) is 4.06. The molecule has 0 aromatic carbocycles. The van der Waals surface area contributed by atoms with Crippen molar-refractivity contribution in [2.75, 3.05) is 13.1 Å². The van der Waals surface area contributed by atoms with E-state index in [0.29, 0.717) is 6.04 Å². The Labute approximate surface area is 103 Å². The first-order chi connectivity index (χ1) is 8.19. The van der Waals surface area contributed by atoms with E-state index in [4.69, 9.17) is 4.52 Å². The van der Waals surface area contributed by atoms with E-state index in [1.54, 1.807) is 6.20 Å². The fourth-order valence-electron chi connectivity index (χ4n) is 2.55. The van der Waals surface area contributed by atoms with E-state index < -0.39 is 0 Å². The summed E-state index contributed by atoms with van der Waals surface area (Å²) in [5, 5.41) is 7.48. The lowest BCUT2D eigenvalue weighted by molar-refractivity contribution is 0.0671. The van der Waals surface area contributed by atoms with Gasteiger partial charge in [0, 0.05) is 30.7 Å². The Morgan fingerprint density at radius 1 is 1.53 bits per heavy atom. The molecule has 1 aliphatic heterocycles. The number of nitrogens with zero attached hydrogens (tertiary/aromatic N) is 2. The molecule has 0 spiro atoms. The number of nitrogens with one attached hydrogen (secondary N) is 1. The summed E-state index contributed by atoms with van der Waals surface area (Å²) in [5.41, 5.74) is 0.270. The van der Waals surface area contributed by atoms with E-state index in [1.807, 2.05) is 6.07 Å². The minimum absolute atomic E-state index is 0.270. The van der Waals surface area contributed by atoms with E-state index in [1.165, 1.54) is 12.8 Å². The molecular formula is C13H23N3O. The maximum Gasteiger partial charge on any atom is 0.150 e. The van der Waals surface area contributed by atoms with Gasteiger partial charge in [0.15, 0.2) is 5.76 Å². The first kappa shape index (κ1) is 12.6. The van der Waals surface area contributed by atoms with Crippen molar-refractivity contribution >= 4 is 0 Å². The SMILES string of the molecule is CCC1(CC)CN(Cc2ccno2)C(C)CN1. The standard InChI is InChI=1S/C13H23N3O/c1-4-13(5-2)10-16(11(3)8-14-13)9-12-6-7-15-17-12/h6-7,11,14H,4-5,8-10H2,1-3H3. The molecule has 0 amide bonds. The summed E-state index contributed by atoms with van der Waals surface area (Å²) >= 11 is 0. The molecule has 4 heteroatoms. The van der Waals surface area contributed by atoms with Gasteiger partial charge in [-0.15, -0.1) is 0 Å². The zero-order valence-electron chi connectivity index (χ0n) is 11.1. The molecule has 0 aliphatic carbocycles. The second kappa shape index (κ2) is 5.19. The van der Waals surface area contributed by atoms with E-state index in [9.17, 15) is 0 Å². The van der Waals surface area contributed by atoms with Gasteiger partial charge in [0.1, 0.15) is 0 Å². The first-order valence-corrected chi connectivity index (χ1v) is 6.58. The van der Waals surface area contributed by atoms with E-state index in [-0.39, 0.29) is 5.54 Å². The van der Waals surface area contributed by atoms with Crippen LogP contribution in [-0.4, -0.2) is 34.7 Å². The van der Waals surface area contributed by atoms with Crippen LogP contribution in [0.2, 0.25) is 0 Å². The molecule has 1 aromatic heterocycles. The molecular weight excluding hydrogens is 214 g/mol. The summed E-state index contributed by atoms with van der Waals surface area (Å²) in [5.74, 6) is 0.958. The summed E-state index contributed by atoms with van der Waals surface area (Å²) in [6.45, 7) is 9.79. The summed E-state index contributed by atoms with van der Waals surface area (Å²) in [6, 6.07) is 2.50. The summed E-state index contributed by atoms with van der Waals surface area (Å²) in [7, 11) is 0. The van der Waals surface area contributed by atoms with Gasteiger partial charge in [-0.2, -0.15) is 0 Å². The number of hydrogen-bond acceptors (Lipinski definition) is 4. The molecule has 1 aliphatic rings. The van der Waals surface area contributed by atoms with Crippen LogP contribution in [0.5, 0.6) is 0 Å². The number of rotatable bonds is 4. The molecule has 2 rings (SSSR count).